The topological polar surface area (TPSA) is 37.3 Å². The van der Waals surface area contributed by atoms with Crippen molar-refractivity contribution in [3.63, 3.8) is 0 Å². The Bertz CT molecular complexity index is 1010. The fourth-order valence-corrected chi connectivity index (χ4v) is 4.39. The van der Waals surface area contributed by atoms with Crippen LogP contribution >= 0.6 is 0 Å². The van der Waals surface area contributed by atoms with Gasteiger partial charge in [0.1, 0.15) is 6.10 Å². The second-order valence-corrected chi connectivity index (χ2v) is 7.91. The quantitative estimate of drug-likeness (QED) is 0.583. The molecule has 0 bridgehead atoms. The summed E-state index contributed by atoms with van der Waals surface area (Å²) in [6.07, 6.45) is -0.841. The van der Waals surface area contributed by atoms with Crippen LogP contribution in [0.5, 0.6) is 0 Å². The summed E-state index contributed by atoms with van der Waals surface area (Å²) < 4.78 is 0. The molecule has 0 fully saturated rings. The maximum absolute atomic E-state index is 13.5. The standard InChI is InChI=1S/C26H28O2/c1-15-11-17(3)23(18(4)12-15)25(27)21-9-7-8-10-22(21)26(28)24-19(5)13-16(2)14-20(24)6/h7-14,25,27H,1-6H3. The van der Waals surface area contributed by atoms with E-state index in [1.54, 1.807) is 0 Å². The Labute approximate surface area is 167 Å². The van der Waals surface area contributed by atoms with Crippen molar-refractivity contribution in [2.45, 2.75) is 47.6 Å². The van der Waals surface area contributed by atoms with Crippen LogP contribution in [0.25, 0.3) is 0 Å². The fourth-order valence-electron chi connectivity index (χ4n) is 4.39. The van der Waals surface area contributed by atoms with Crippen LogP contribution < -0.4 is 0 Å². The van der Waals surface area contributed by atoms with Crippen LogP contribution in [0.15, 0.2) is 48.5 Å². The highest BCUT2D eigenvalue weighted by Gasteiger charge is 2.24. The molecule has 0 aromatic heterocycles. The average Bonchev–Trinajstić information content (AvgIpc) is 2.59. The van der Waals surface area contributed by atoms with Gasteiger partial charge in [-0.1, -0.05) is 59.7 Å². The van der Waals surface area contributed by atoms with Gasteiger partial charge in [-0.25, -0.2) is 0 Å². The highest BCUT2D eigenvalue weighted by molar-refractivity contribution is 6.11. The van der Waals surface area contributed by atoms with Crippen LogP contribution in [-0.2, 0) is 0 Å². The van der Waals surface area contributed by atoms with E-state index in [2.05, 4.69) is 19.1 Å². The van der Waals surface area contributed by atoms with Crippen LogP contribution in [0.1, 0.15) is 66.5 Å². The minimum Gasteiger partial charge on any atom is -0.384 e. The predicted octanol–water partition coefficient (Wildman–Crippen LogP) is 5.85. The largest absolute Gasteiger partial charge is 0.384 e. The zero-order valence-electron chi connectivity index (χ0n) is 17.6. The lowest BCUT2D eigenvalue weighted by molar-refractivity contribution is 0.103. The number of carbonyl (C=O) groups is 1. The number of aliphatic hydroxyl groups excluding tert-OH is 1. The van der Waals surface area contributed by atoms with E-state index in [-0.39, 0.29) is 5.78 Å². The number of hydrogen-bond acceptors (Lipinski definition) is 2. The van der Waals surface area contributed by atoms with Crippen LogP contribution in [-0.4, -0.2) is 10.9 Å². The van der Waals surface area contributed by atoms with Crippen molar-refractivity contribution < 1.29 is 9.90 Å². The maximum Gasteiger partial charge on any atom is 0.193 e. The van der Waals surface area contributed by atoms with Crippen LogP contribution in [0.2, 0.25) is 0 Å². The molecule has 0 aliphatic rings. The summed E-state index contributed by atoms with van der Waals surface area (Å²) >= 11 is 0. The predicted molar refractivity (Wildman–Crippen MR) is 115 cm³/mol. The number of hydrogen-bond donors (Lipinski definition) is 1. The van der Waals surface area contributed by atoms with Gasteiger partial charge in [0.15, 0.2) is 5.78 Å². The lowest BCUT2D eigenvalue weighted by Crippen LogP contribution is -2.14. The number of rotatable bonds is 4. The Kier molecular flexibility index (Phi) is 5.53. The summed E-state index contributed by atoms with van der Waals surface area (Å²) in [5.74, 6) is -0.0351. The molecule has 1 N–H and O–H groups in total. The molecule has 0 heterocycles. The van der Waals surface area contributed by atoms with Gasteiger partial charge in [-0.2, -0.15) is 0 Å². The van der Waals surface area contributed by atoms with Gasteiger partial charge in [-0.05, 0) is 74.9 Å². The molecule has 0 radical (unpaired) electrons. The normalized spacial score (nSPS) is 12.1. The lowest BCUT2D eigenvalue weighted by atomic mass is 9.86. The summed E-state index contributed by atoms with van der Waals surface area (Å²) in [4.78, 5) is 13.5. The molecule has 0 amide bonds. The molecular formula is C26H28O2. The average molecular weight is 373 g/mol. The Morgan fingerprint density at radius 2 is 1.21 bits per heavy atom. The third-order valence-electron chi connectivity index (χ3n) is 5.42. The van der Waals surface area contributed by atoms with Crippen molar-refractivity contribution >= 4 is 5.78 Å². The van der Waals surface area contributed by atoms with Gasteiger partial charge in [-0.3, -0.25) is 4.79 Å². The smallest absolute Gasteiger partial charge is 0.193 e. The van der Waals surface area contributed by atoms with Crippen molar-refractivity contribution in [1.82, 2.24) is 0 Å². The highest BCUT2D eigenvalue weighted by Crippen LogP contribution is 2.32. The maximum atomic E-state index is 13.5. The summed E-state index contributed by atoms with van der Waals surface area (Å²) in [7, 11) is 0. The molecule has 3 rings (SSSR count). The Hall–Kier alpha value is -2.71. The number of aryl methyl sites for hydroxylation is 6. The molecule has 0 aliphatic carbocycles. The summed E-state index contributed by atoms with van der Waals surface area (Å²) in [6.45, 7) is 12.1. The number of aliphatic hydroxyl groups is 1. The molecule has 1 unspecified atom stereocenters. The minimum absolute atomic E-state index is 0.0351. The van der Waals surface area contributed by atoms with Crippen LogP contribution in [0.4, 0.5) is 0 Å². The van der Waals surface area contributed by atoms with Gasteiger partial charge >= 0.3 is 0 Å². The first-order valence-electron chi connectivity index (χ1n) is 9.68. The molecular weight excluding hydrogens is 344 g/mol. The molecule has 0 saturated carbocycles. The molecule has 144 valence electrons. The first kappa shape index (κ1) is 20.0. The Morgan fingerprint density at radius 1 is 0.750 bits per heavy atom. The molecule has 2 nitrogen and oxygen atoms in total. The first-order chi connectivity index (χ1) is 13.2. The number of carbonyl (C=O) groups excluding carboxylic acids is 1. The summed E-state index contributed by atoms with van der Waals surface area (Å²) in [6, 6.07) is 15.6. The zero-order valence-corrected chi connectivity index (χ0v) is 17.6. The van der Waals surface area contributed by atoms with E-state index in [1.807, 2.05) is 71.0 Å². The SMILES string of the molecule is Cc1cc(C)c(C(=O)c2ccccc2C(O)c2c(C)cc(C)cc2C)c(C)c1. The number of benzene rings is 3. The number of ketones is 1. The van der Waals surface area contributed by atoms with Crippen LogP contribution in [0.3, 0.4) is 0 Å². The van der Waals surface area contributed by atoms with Crippen molar-refractivity contribution in [2.75, 3.05) is 0 Å². The van der Waals surface area contributed by atoms with Gasteiger partial charge in [0.2, 0.25) is 0 Å². The van der Waals surface area contributed by atoms with Gasteiger partial charge in [0.05, 0.1) is 0 Å². The van der Waals surface area contributed by atoms with E-state index in [4.69, 9.17) is 0 Å². The second-order valence-electron chi connectivity index (χ2n) is 7.91. The molecule has 3 aromatic carbocycles. The van der Waals surface area contributed by atoms with E-state index in [1.165, 1.54) is 5.56 Å². The van der Waals surface area contributed by atoms with Gasteiger partial charge in [-0.15, -0.1) is 0 Å². The van der Waals surface area contributed by atoms with Crippen molar-refractivity contribution in [3.8, 4) is 0 Å². The van der Waals surface area contributed by atoms with E-state index < -0.39 is 6.10 Å². The highest BCUT2D eigenvalue weighted by atomic mass is 16.3. The van der Waals surface area contributed by atoms with E-state index >= 15 is 0 Å². The van der Waals surface area contributed by atoms with Gasteiger partial charge in [0, 0.05) is 11.1 Å². The van der Waals surface area contributed by atoms with E-state index in [9.17, 15) is 9.90 Å². The van der Waals surface area contributed by atoms with Gasteiger partial charge < -0.3 is 5.11 Å². The Balaban J connectivity index is 2.14. The van der Waals surface area contributed by atoms with E-state index in [0.29, 0.717) is 11.1 Å². The second kappa shape index (κ2) is 7.73. The monoisotopic (exact) mass is 372 g/mol. The fraction of sp³-hybridized carbons (Fsp3) is 0.269. The molecule has 2 heteroatoms. The summed E-state index contributed by atoms with van der Waals surface area (Å²) in [5, 5.41) is 11.3. The zero-order chi connectivity index (χ0) is 20.6. The first-order valence-corrected chi connectivity index (χ1v) is 9.68. The Morgan fingerprint density at radius 3 is 1.75 bits per heavy atom. The molecule has 1 atom stereocenters. The van der Waals surface area contributed by atoms with E-state index in [0.717, 1.165) is 38.9 Å². The van der Waals surface area contributed by atoms with Crippen molar-refractivity contribution in [1.29, 1.82) is 0 Å². The van der Waals surface area contributed by atoms with Crippen molar-refractivity contribution in [3.05, 3.63) is 104 Å². The minimum atomic E-state index is -0.841. The molecule has 3 aromatic rings. The lowest BCUT2D eigenvalue weighted by Gasteiger charge is -2.21. The molecule has 28 heavy (non-hydrogen) atoms. The van der Waals surface area contributed by atoms with Crippen LogP contribution in [0, 0.1) is 41.5 Å². The molecule has 0 spiro atoms. The van der Waals surface area contributed by atoms with Crippen molar-refractivity contribution in [2.24, 2.45) is 0 Å². The molecule has 0 aliphatic heterocycles. The summed E-state index contributed by atoms with van der Waals surface area (Å²) in [5.41, 5.74) is 9.14. The van der Waals surface area contributed by atoms with Gasteiger partial charge in [0.25, 0.3) is 0 Å². The molecule has 0 saturated heterocycles. The third-order valence-corrected chi connectivity index (χ3v) is 5.42. The third kappa shape index (κ3) is 3.65.